The van der Waals surface area contributed by atoms with Crippen LogP contribution in [0.3, 0.4) is 0 Å². The van der Waals surface area contributed by atoms with Gasteiger partial charge in [-0.15, -0.1) is 0 Å². The molecule has 2 aliphatic rings. The van der Waals surface area contributed by atoms with Crippen molar-refractivity contribution in [1.82, 2.24) is 14.6 Å². The van der Waals surface area contributed by atoms with Crippen LogP contribution in [0.2, 0.25) is 0 Å². The van der Waals surface area contributed by atoms with Crippen molar-refractivity contribution in [3.63, 3.8) is 0 Å². The summed E-state index contributed by atoms with van der Waals surface area (Å²) in [5, 5.41) is 0. The van der Waals surface area contributed by atoms with Gasteiger partial charge in [0, 0.05) is 36.2 Å². The molecule has 1 aromatic heterocycles. The van der Waals surface area contributed by atoms with Gasteiger partial charge in [0.1, 0.15) is 5.82 Å². The first-order valence-corrected chi connectivity index (χ1v) is 11.7. The summed E-state index contributed by atoms with van der Waals surface area (Å²) in [5.74, 6) is -0.153. The number of pyridine rings is 1. The second-order valence-electron chi connectivity index (χ2n) is 7.89. The summed E-state index contributed by atoms with van der Waals surface area (Å²) in [6.45, 7) is 0.538. The molecular formula is C21H24FN3O3S. The predicted molar refractivity (Wildman–Crippen MR) is 108 cm³/mol. The first kappa shape index (κ1) is 20.0. The lowest BCUT2D eigenvalue weighted by atomic mass is 10.0. The lowest BCUT2D eigenvalue weighted by Crippen LogP contribution is -2.48. The zero-order valence-electron chi connectivity index (χ0n) is 16.2. The van der Waals surface area contributed by atoms with Gasteiger partial charge in [-0.3, -0.25) is 9.78 Å². The minimum absolute atomic E-state index is 0.0704. The van der Waals surface area contributed by atoms with E-state index in [1.807, 2.05) is 23.1 Å². The number of likely N-dealkylation sites (tertiary alicyclic amines) is 1. The number of nitrogens with one attached hydrogen (secondary N) is 1. The SMILES string of the molecule is CS(=O)(=O)NC1CCN(C(=O)C2CC2)C1Cc1cccc(-c2cccc(F)c2)n1. The molecule has 1 saturated heterocycles. The van der Waals surface area contributed by atoms with E-state index in [2.05, 4.69) is 9.71 Å². The van der Waals surface area contributed by atoms with Crippen LogP contribution in [0, 0.1) is 11.7 Å². The second kappa shape index (κ2) is 7.84. The Hall–Kier alpha value is -2.32. The summed E-state index contributed by atoms with van der Waals surface area (Å²) in [7, 11) is -3.39. The highest BCUT2D eigenvalue weighted by molar-refractivity contribution is 7.88. The molecule has 1 aliphatic carbocycles. The quantitative estimate of drug-likeness (QED) is 0.783. The Kier molecular flexibility index (Phi) is 5.40. The summed E-state index contributed by atoms with van der Waals surface area (Å²) < 4.78 is 39.9. The van der Waals surface area contributed by atoms with Crippen LogP contribution in [-0.4, -0.2) is 49.1 Å². The molecule has 29 heavy (non-hydrogen) atoms. The molecule has 4 rings (SSSR count). The molecule has 2 aromatic rings. The van der Waals surface area contributed by atoms with Crippen LogP contribution in [-0.2, 0) is 21.2 Å². The first-order chi connectivity index (χ1) is 13.8. The fraction of sp³-hybridized carbons (Fsp3) is 0.429. The molecule has 1 N–H and O–H groups in total. The van der Waals surface area contributed by atoms with Crippen molar-refractivity contribution in [2.45, 2.75) is 37.8 Å². The van der Waals surface area contributed by atoms with Gasteiger partial charge >= 0.3 is 0 Å². The largest absolute Gasteiger partial charge is 0.337 e. The van der Waals surface area contributed by atoms with Crippen molar-refractivity contribution in [2.24, 2.45) is 5.92 Å². The van der Waals surface area contributed by atoms with Crippen LogP contribution in [0.25, 0.3) is 11.3 Å². The number of nitrogens with zero attached hydrogens (tertiary/aromatic N) is 2. The van der Waals surface area contributed by atoms with Crippen LogP contribution < -0.4 is 4.72 Å². The lowest BCUT2D eigenvalue weighted by Gasteiger charge is -2.28. The molecular weight excluding hydrogens is 393 g/mol. The van der Waals surface area contributed by atoms with Gasteiger partial charge < -0.3 is 4.90 Å². The Morgan fingerprint density at radius 3 is 2.66 bits per heavy atom. The number of hydrogen-bond acceptors (Lipinski definition) is 4. The molecule has 8 heteroatoms. The average molecular weight is 418 g/mol. The van der Waals surface area contributed by atoms with Crippen LogP contribution in [0.15, 0.2) is 42.5 Å². The maximum atomic E-state index is 13.6. The molecule has 1 aromatic carbocycles. The van der Waals surface area contributed by atoms with Crippen molar-refractivity contribution < 1.29 is 17.6 Å². The summed E-state index contributed by atoms with van der Waals surface area (Å²) in [5.41, 5.74) is 2.07. The van der Waals surface area contributed by atoms with Crippen LogP contribution in [0.1, 0.15) is 25.0 Å². The van der Waals surface area contributed by atoms with Crippen molar-refractivity contribution in [3.8, 4) is 11.3 Å². The van der Waals surface area contributed by atoms with Gasteiger partial charge in [0.05, 0.1) is 18.0 Å². The summed E-state index contributed by atoms with van der Waals surface area (Å²) in [4.78, 5) is 19.2. The van der Waals surface area contributed by atoms with E-state index in [1.54, 1.807) is 12.1 Å². The van der Waals surface area contributed by atoms with Gasteiger partial charge in [0.15, 0.2) is 0 Å². The van der Waals surface area contributed by atoms with E-state index >= 15 is 0 Å². The Morgan fingerprint density at radius 2 is 1.97 bits per heavy atom. The number of hydrogen-bond donors (Lipinski definition) is 1. The van der Waals surface area contributed by atoms with Gasteiger partial charge in [0.25, 0.3) is 0 Å². The molecule has 1 saturated carbocycles. The number of amides is 1. The third kappa shape index (κ3) is 4.82. The number of halogens is 1. The topological polar surface area (TPSA) is 79.4 Å². The number of carbonyl (C=O) groups excluding carboxylic acids is 1. The van der Waals surface area contributed by atoms with Crippen molar-refractivity contribution >= 4 is 15.9 Å². The van der Waals surface area contributed by atoms with Gasteiger partial charge in [-0.1, -0.05) is 18.2 Å². The highest BCUT2D eigenvalue weighted by Crippen LogP contribution is 2.34. The third-order valence-corrected chi connectivity index (χ3v) is 6.20. The van der Waals surface area contributed by atoms with E-state index in [1.165, 1.54) is 12.1 Å². The van der Waals surface area contributed by atoms with Gasteiger partial charge in [-0.05, 0) is 43.5 Å². The van der Waals surface area contributed by atoms with Crippen LogP contribution in [0.4, 0.5) is 4.39 Å². The molecule has 1 amide bonds. The van der Waals surface area contributed by atoms with Gasteiger partial charge in [0.2, 0.25) is 15.9 Å². The van der Waals surface area contributed by atoms with Crippen molar-refractivity contribution in [2.75, 3.05) is 12.8 Å². The Balaban J connectivity index is 1.60. The molecule has 154 valence electrons. The third-order valence-electron chi connectivity index (χ3n) is 5.47. The zero-order valence-corrected chi connectivity index (χ0v) is 17.0. The zero-order chi connectivity index (χ0) is 20.6. The molecule has 0 radical (unpaired) electrons. The second-order valence-corrected chi connectivity index (χ2v) is 9.67. The maximum Gasteiger partial charge on any atom is 0.225 e. The van der Waals surface area contributed by atoms with Crippen molar-refractivity contribution in [1.29, 1.82) is 0 Å². The minimum atomic E-state index is -3.39. The fourth-order valence-corrected chi connectivity index (χ4v) is 4.80. The standard InChI is InChI=1S/C21H24FN3O3S/c1-29(27,28)24-19-10-11-25(21(26)14-8-9-14)20(19)13-17-6-3-7-18(23-17)15-4-2-5-16(22)12-15/h2-7,12,14,19-20,24H,8-11,13H2,1H3. The number of benzene rings is 1. The highest BCUT2D eigenvalue weighted by Gasteiger charge is 2.43. The smallest absolute Gasteiger partial charge is 0.225 e. The molecule has 2 heterocycles. The lowest BCUT2D eigenvalue weighted by molar-refractivity contribution is -0.133. The molecule has 1 aliphatic heterocycles. The van der Waals surface area contributed by atoms with E-state index < -0.39 is 10.0 Å². The van der Waals surface area contributed by atoms with E-state index in [-0.39, 0.29) is 29.7 Å². The monoisotopic (exact) mass is 417 g/mol. The Morgan fingerprint density at radius 1 is 1.21 bits per heavy atom. The summed E-state index contributed by atoms with van der Waals surface area (Å²) >= 11 is 0. The highest BCUT2D eigenvalue weighted by atomic mass is 32.2. The van der Waals surface area contributed by atoms with E-state index in [9.17, 15) is 17.6 Å². The molecule has 0 spiro atoms. The van der Waals surface area contributed by atoms with Crippen LogP contribution >= 0.6 is 0 Å². The van der Waals surface area contributed by atoms with E-state index in [4.69, 9.17) is 0 Å². The molecule has 2 atom stereocenters. The Labute approximate surface area is 170 Å². The molecule has 0 bridgehead atoms. The van der Waals surface area contributed by atoms with Gasteiger partial charge in [-0.25, -0.2) is 17.5 Å². The Bertz CT molecular complexity index is 1020. The first-order valence-electron chi connectivity index (χ1n) is 9.80. The number of sulfonamides is 1. The number of rotatable bonds is 6. The van der Waals surface area contributed by atoms with Crippen molar-refractivity contribution in [3.05, 3.63) is 54.0 Å². The molecule has 6 nitrogen and oxygen atoms in total. The number of carbonyl (C=O) groups is 1. The fourth-order valence-electron chi connectivity index (χ4n) is 3.97. The van der Waals surface area contributed by atoms with E-state index in [0.29, 0.717) is 30.6 Å². The predicted octanol–water partition coefficient (Wildman–Crippen LogP) is 2.36. The molecule has 2 unspecified atom stereocenters. The van der Waals surface area contributed by atoms with E-state index in [0.717, 1.165) is 24.8 Å². The summed E-state index contributed by atoms with van der Waals surface area (Å²) in [6.07, 6.45) is 3.96. The maximum absolute atomic E-state index is 13.6. The van der Waals surface area contributed by atoms with Crippen LogP contribution in [0.5, 0.6) is 0 Å². The minimum Gasteiger partial charge on any atom is -0.337 e. The average Bonchev–Trinajstić information content (AvgIpc) is 3.45. The normalized spacial score (nSPS) is 22.1. The van der Waals surface area contributed by atoms with Gasteiger partial charge in [-0.2, -0.15) is 0 Å². The summed E-state index contributed by atoms with van der Waals surface area (Å²) in [6, 6.07) is 11.1. The number of aromatic nitrogens is 1. The molecule has 2 fully saturated rings.